The molecule has 110 valence electrons. The molecule has 0 unspecified atom stereocenters. The molecule has 0 saturated carbocycles. The number of H-pyrrole nitrogens is 1. The molecular weight excluding hydrogens is 268 g/mol. The molecule has 0 spiro atoms. The van der Waals surface area contributed by atoms with Gasteiger partial charge in [0.2, 0.25) is 5.91 Å². The standard InChI is InChI=1S/C16H18N2O3/c19-15(18-8-4-3-7-14(18)16(20)21)9-11-10-17-13-6-2-1-5-12(11)13/h1-2,5-6,10,14,17H,3-4,7-9H2,(H,20,21)/t14-/m1/s1. The number of piperidine rings is 1. The number of rotatable bonds is 3. The minimum Gasteiger partial charge on any atom is -0.480 e. The fraction of sp³-hybridized carbons (Fsp3) is 0.375. The number of nitrogens with zero attached hydrogens (tertiary/aromatic N) is 1. The van der Waals surface area contributed by atoms with Crippen LogP contribution in [0.25, 0.3) is 10.9 Å². The highest BCUT2D eigenvalue weighted by atomic mass is 16.4. The number of hydrogen-bond donors (Lipinski definition) is 2. The summed E-state index contributed by atoms with van der Waals surface area (Å²) in [7, 11) is 0. The molecule has 0 aliphatic carbocycles. The monoisotopic (exact) mass is 286 g/mol. The van der Waals surface area contributed by atoms with E-state index in [9.17, 15) is 14.7 Å². The van der Waals surface area contributed by atoms with Gasteiger partial charge >= 0.3 is 5.97 Å². The van der Waals surface area contributed by atoms with Gasteiger partial charge in [0.15, 0.2) is 0 Å². The first-order valence-corrected chi connectivity index (χ1v) is 7.24. The van der Waals surface area contributed by atoms with Crippen LogP contribution in [-0.4, -0.2) is 39.5 Å². The maximum Gasteiger partial charge on any atom is 0.326 e. The molecule has 21 heavy (non-hydrogen) atoms. The molecule has 1 fully saturated rings. The number of fused-ring (bicyclic) bond motifs is 1. The fourth-order valence-corrected chi connectivity index (χ4v) is 3.03. The minimum atomic E-state index is -0.901. The minimum absolute atomic E-state index is 0.105. The lowest BCUT2D eigenvalue weighted by Crippen LogP contribution is -2.48. The Bertz CT molecular complexity index is 677. The molecule has 0 bridgehead atoms. The number of benzene rings is 1. The molecule has 2 N–H and O–H groups in total. The molecule has 1 aromatic carbocycles. The third kappa shape index (κ3) is 2.63. The molecule has 2 heterocycles. The average molecular weight is 286 g/mol. The van der Waals surface area contributed by atoms with Gasteiger partial charge in [-0.15, -0.1) is 0 Å². The van der Waals surface area contributed by atoms with Crippen molar-refractivity contribution in [1.82, 2.24) is 9.88 Å². The van der Waals surface area contributed by atoms with E-state index < -0.39 is 12.0 Å². The lowest BCUT2D eigenvalue weighted by atomic mass is 10.0. The fourth-order valence-electron chi connectivity index (χ4n) is 3.03. The van der Waals surface area contributed by atoms with Crippen LogP contribution in [0.4, 0.5) is 0 Å². The number of likely N-dealkylation sites (tertiary alicyclic amines) is 1. The summed E-state index contributed by atoms with van der Waals surface area (Å²) in [5.41, 5.74) is 1.92. The number of carbonyl (C=O) groups is 2. The van der Waals surface area contributed by atoms with Crippen molar-refractivity contribution in [1.29, 1.82) is 0 Å². The van der Waals surface area contributed by atoms with Crippen LogP contribution in [-0.2, 0) is 16.0 Å². The number of carbonyl (C=O) groups excluding carboxylic acids is 1. The Balaban J connectivity index is 1.80. The zero-order valence-corrected chi connectivity index (χ0v) is 11.7. The molecule has 1 aliphatic rings. The second-order valence-corrected chi connectivity index (χ2v) is 5.47. The Morgan fingerprint density at radius 3 is 2.90 bits per heavy atom. The van der Waals surface area contributed by atoms with Crippen LogP contribution in [0.2, 0.25) is 0 Å². The van der Waals surface area contributed by atoms with Gasteiger partial charge in [0.05, 0.1) is 6.42 Å². The zero-order chi connectivity index (χ0) is 14.8. The van der Waals surface area contributed by atoms with E-state index in [1.165, 1.54) is 4.90 Å². The van der Waals surface area contributed by atoms with E-state index in [0.717, 1.165) is 29.3 Å². The maximum absolute atomic E-state index is 12.5. The summed E-state index contributed by atoms with van der Waals surface area (Å²) in [6, 6.07) is 7.14. The molecule has 1 aliphatic heterocycles. The van der Waals surface area contributed by atoms with Crippen LogP contribution >= 0.6 is 0 Å². The van der Waals surface area contributed by atoms with E-state index >= 15 is 0 Å². The summed E-state index contributed by atoms with van der Waals surface area (Å²) in [6.07, 6.45) is 4.38. The van der Waals surface area contributed by atoms with Crippen molar-refractivity contribution in [3.05, 3.63) is 36.0 Å². The van der Waals surface area contributed by atoms with Crippen LogP contribution < -0.4 is 0 Å². The Morgan fingerprint density at radius 2 is 2.10 bits per heavy atom. The Kier molecular flexibility index (Phi) is 3.64. The Morgan fingerprint density at radius 1 is 1.29 bits per heavy atom. The number of hydrogen-bond acceptors (Lipinski definition) is 2. The van der Waals surface area contributed by atoms with Crippen LogP contribution in [0.1, 0.15) is 24.8 Å². The molecule has 2 aromatic rings. The molecule has 3 rings (SSSR count). The predicted molar refractivity (Wildman–Crippen MR) is 79.0 cm³/mol. The molecule has 5 nitrogen and oxygen atoms in total. The summed E-state index contributed by atoms with van der Waals surface area (Å²) < 4.78 is 0. The molecule has 1 amide bonds. The smallest absolute Gasteiger partial charge is 0.326 e. The number of aromatic amines is 1. The topological polar surface area (TPSA) is 73.4 Å². The number of amides is 1. The first-order valence-electron chi connectivity index (χ1n) is 7.24. The van der Waals surface area contributed by atoms with Crippen molar-refractivity contribution < 1.29 is 14.7 Å². The lowest BCUT2D eigenvalue weighted by Gasteiger charge is -2.33. The summed E-state index contributed by atoms with van der Waals surface area (Å²) in [5.74, 6) is -1.01. The first-order chi connectivity index (χ1) is 10.2. The second-order valence-electron chi connectivity index (χ2n) is 5.47. The van der Waals surface area contributed by atoms with E-state index in [4.69, 9.17) is 0 Å². The molecule has 0 radical (unpaired) electrons. The van der Waals surface area contributed by atoms with Crippen molar-refractivity contribution in [3.8, 4) is 0 Å². The number of aliphatic carboxylic acids is 1. The van der Waals surface area contributed by atoms with Crippen LogP contribution in [0, 0.1) is 0 Å². The average Bonchev–Trinajstić information content (AvgIpc) is 2.90. The van der Waals surface area contributed by atoms with Crippen LogP contribution in [0.15, 0.2) is 30.5 Å². The van der Waals surface area contributed by atoms with Crippen LogP contribution in [0.3, 0.4) is 0 Å². The molecular formula is C16H18N2O3. The van der Waals surface area contributed by atoms with Crippen molar-refractivity contribution >= 4 is 22.8 Å². The summed E-state index contributed by atoms with van der Waals surface area (Å²) in [5, 5.41) is 10.3. The molecule has 1 atom stereocenters. The highest BCUT2D eigenvalue weighted by Gasteiger charge is 2.31. The molecule has 5 heteroatoms. The first kappa shape index (κ1) is 13.7. The van der Waals surface area contributed by atoms with Gasteiger partial charge in [-0.1, -0.05) is 18.2 Å². The van der Waals surface area contributed by atoms with E-state index in [1.807, 2.05) is 30.5 Å². The summed E-state index contributed by atoms with van der Waals surface area (Å²) in [6.45, 7) is 0.540. The SMILES string of the molecule is O=C(O)[C@H]1CCCCN1C(=O)Cc1c[nH]c2ccccc12. The van der Waals surface area contributed by atoms with Gasteiger partial charge in [-0.2, -0.15) is 0 Å². The van der Waals surface area contributed by atoms with Crippen molar-refractivity contribution in [2.45, 2.75) is 31.7 Å². The summed E-state index contributed by atoms with van der Waals surface area (Å²) in [4.78, 5) is 28.4. The molecule has 1 saturated heterocycles. The number of nitrogens with one attached hydrogen (secondary N) is 1. The van der Waals surface area contributed by atoms with E-state index in [-0.39, 0.29) is 12.3 Å². The highest BCUT2D eigenvalue weighted by molar-refractivity contribution is 5.90. The van der Waals surface area contributed by atoms with Crippen LogP contribution in [0.5, 0.6) is 0 Å². The number of aromatic nitrogens is 1. The van der Waals surface area contributed by atoms with Crippen molar-refractivity contribution in [3.63, 3.8) is 0 Å². The quantitative estimate of drug-likeness (QED) is 0.908. The molecule has 1 aromatic heterocycles. The Hall–Kier alpha value is -2.30. The summed E-state index contributed by atoms with van der Waals surface area (Å²) >= 11 is 0. The number of para-hydroxylation sites is 1. The zero-order valence-electron chi connectivity index (χ0n) is 11.7. The van der Waals surface area contributed by atoms with Gasteiger partial charge in [0.25, 0.3) is 0 Å². The van der Waals surface area contributed by atoms with E-state index in [0.29, 0.717) is 13.0 Å². The largest absolute Gasteiger partial charge is 0.480 e. The van der Waals surface area contributed by atoms with Gasteiger partial charge in [0.1, 0.15) is 6.04 Å². The number of carboxylic acid groups (broad SMARTS) is 1. The highest BCUT2D eigenvalue weighted by Crippen LogP contribution is 2.22. The van der Waals surface area contributed by atoms with E-state index in [2.05, 4.69) is 4.98 Å². The van der Waals surface area contributed by atoms with Crippen molar-refractivity contribution in [2.24, 2.45) is 0 Å². The second kappa shape index (κ2) is 5.60. The van der Waals surface area contributed by atoms with Crippen molar-refractivity contribution in [2.75, 3.05) is 6.54 Å². The lowest BCUT2D eigenvalue weighted by molar-refractivity contribution is -0.151. The van der Waals surface area contributed by atoms with Gasteiger partial charge < -0.3 is 15.0 Å². The van der Waals surface area contributed by atoms with E-state index in [1.54, 1.807) is 0 Å². The normalized spacial score (nSPS) is 18.9. The number of carboxylic acids is 1. The van der Waals surface area contributed by atoms with Gasteiger partial charge in [-0.3, -0.25) is 4.79 Å². The van der Waals surface area contributed by atoms with Gasteiger partial charge in [-0.05, 0) is 30.9 Å². The third-order valence-corrected chi connectivity index (χ3v) is 4.12. The third-order valence-electron chi connectivity index (χ3n) is 4.12. The Labute approximate surface area is 122 Å². The van der Waals surface area contributed by atoms with Gasteiger partial charge in [0, 0.05) is 23.6 Å². The maximum atomic E-state index is 12.5. The van der Waals surface area contributed by atoms with Gasteiger partial charge in [-0.25, -0.2) is 4.79 Å². The predicted octanol–water partition coefficient (Wildman–Crippen LogP) is 2.18.